The minimum Gasteiger partial charge on any atom is -0.467 e. The maximum Gasteiger partial charge on any atom is 0.408 e. The molecule has 0 rings (SSSR count). The van der Waals surface area contributed by atoms with Gasteiger partial charge >= 0.3 is 12.1 Å². The lowest BCUT2D eigenvalue weighted by Gasteiger charge is -2.24. The van der Waals surface area contributed by atoms with E-state index in [4.69, 9.17) is 9.84 Å². The van der Waals surface area contributed by atoms with Crippen molar-refractivity contribution < 1.29 is 29.3 Å². The van der Waals surface area contributed by atoms with Crippen LogP contribution in [0.1, 0.15) is 20.8 Å². The zero-order chi connectivity index (χ0) is 13.6. The molecule has 0 aliphatic carbocycles. The quantitative estimate of drug-likeness (QED) is 0.575. The number of hydrogen-bond donors (Lipinski definition) is 3. The number of amides is 1. The van der Waals surface area contributed by atoms with Crippen molar-refractivity contribution in [3.05, 3.63) is 0 Å². The standard InChI is InChI=1S/C10H19NO6/c1-10(2,3)17-9(15)11-7(6(13)5-12)8(14)16-4/h6-7,12-13H,5H2,1-4H3,(H,11,15)/t6-,7+/m0/s1. The largest absolute Gasteiger partial charge is 0.467 e. The lowest BCUT2D eigenvalue weighted by atomic mass is 10.1. The summed E-state index contributed by atoms with van der Waals surface area (Å²) in [4.78, 5) is 22.6. The molecule has 0 heterocycles. The summed E-state index contributed by atoms with van der Waals surface area (Å²) < 4.78 is 9.29. The number of hydrogen-bond acceptors (Lipinski definition) is 6. The summed E-state index contributed by atoms with van der Waals surface area (Å²) in [7, 11) is 1.11. The van der Waals surface area contributed by atoms with E-state index in [1.807, 2.05) is 0 Å². The Labute approximate surface area is 99.7 Å². The molecule has 100 valence electrons. The van der Waals surface area contributed by atoms with Crippen LogP contribution in [0.2, 0.25) is 0 Å². The number of ether oxygens (including phenoxy) is 2. The normalized spacial score (nSPS) is 14.7. The van der Waals surface area contributed by atoms with Crippen molar-refractivity contribution >= 4 is 12.1 Å². The molecule has 0 bridgehead atoms. The van der Waals surface area contributed by atoms with Gasteiger partial charge in [-0.2, -0.15) is 0 Å². The summed E-state index contributed by atoms with van der Waals surface area (Å²) in [5.41, 5.74) is -0.727. The van der Waals surface area contributed by atoms with E-state index in [9.17, 15) is 14.7 Å². The Morgan fingerprint density at radius 2 is 1.88 bits per heavy atom. The van der Waals surface area contributed by atoms with Crippen LogP contribution in [0.5, 0.6) is 0 Å². The number of carbonyl (C=O) groups is 2. The Kier molecular flexibility index (Phi) is 5.90. The molecular weight excluding hydrogens is 230 g/mol. The first-order valence-corrected chi connectivity index (χ1v) is 5.07. The van der Waals surface area contributed by atoms with Gasteiger partial charge in [0, 0.05) is 0 Å². The molecular formula is C10H19NO6. The summed E-state index contributed by atoms with van der Waals surface area (Å²) in [5.74, 6) is -0.864. The van der Waals surface area contributed by atoms with Gasteiger partial charge in [-0.25, -0.2) is 9.59 Å². The molecule has 0 saturated heterocycles. The first-order valence-electron chi connectivity index (χ1n) is 5.07. The lowest BCUT2D eigenvalue weighted by molar-refractivity contribution is -0.147. The van der Waals surface area contributed by atoms with Crippen LogP contribution in [-0.4, -0.2) is 53.7 Å². The number of methoxy groups -OCH3 is 1. The zero-order valence-electron chi connectivity index (χ0n) is 10.4. The maximum absolute atomic E-state index is 11.4. The van der Waals surface area contributed by atoms with E-state index >= 15 is 0 Å². The fourth-order valence-corrected chi connectivity index (χ4v) is 0.979. The molecule has 7 heteroatoms. The van der Waals surface area contributed by atoms with Crippen molar-refractivity contribution in [1.29, 1.82) is 0 Å². The third-order valence-electron chi connectivity index (χ3n) is 1.70. The summed E-state index contributed by atoms with van der Waals surface area (Å²) in [6.45, 7) is 4.28. The van der Waals surface area contributed by atoms with Crippen molar-refractivity contribution in [2.45, 2.75) is 38.5 Å². The Bertz CT molecular complexity index is 272. The minimum absolute atomic E-state index is 0.685. The Morgan fingerprint density at radius 3 is 2.24 bits per heavy atom. The molecule has 0 aromatic carbocycles. The highest BCUT2D eigenvalue weighted by molar-refractivity contribution is 5.82. The predicted octanol–water partition coefficient (Wildman–Crippen LogP) is -0.594. The molecule has 7 nitrogen and oxygen atoms in total. The summed E-state index contributed by atoms with van der Waals surface area (Å²) >= 11 is 0. The highest BCUT2D eigenvalue weighted by atomic mass is 16.6. The van der Waals surface area contributed by atoms with Crippen LogP contribution in [0, 0.1) is 0 Å². The van der Waals surface area contributed by atoms with Crippen molar-refractivity contribution in [2.24, 2.45) is 0 Å². The van der Waals surface area contributed by atoms with Crippen LogP contribution >= 0.6 is 0 Å². The van der Waals surface area contributed by atoms with Gasteiger partial charge in [0.1, 0.15) is 11.7 Å². The molecule has 0 fully saturated rings. The van der Waals surface area contributed by atoms with E-state index in [1.54, 1.807) is 20.8 Å². The van der Waals surface area contributed by atoms with Crippen LogP contribution in [0.25, 0.3) is 0 Å². The fraction of sp³-hybridized carbons (Fsp3) is 0.800. The number of aliphatic hydroxyl groups excluding tert-OH is 2. The van der Waals surface area contributed by atoms with Crippen LogP contribution in [0.15, 0.2) is 0 Å². The molecule has 0 aromatic heterocycles. The monoisotopic (exact) mass is 249 g/mol. The fourth-order valence-electron chi connectivity index (χ4n) is 0.979. The van der Waals surface area contributed by atoms with Gasteiger partial charge < -0.3 is 25.0 Å². The molecule has 0 aliphatic heterocycles. The molecule has 0 saturated carbocycles. The average Bonchev–Trinajstić information content (AvgIpc) is 2.21. The summed E-state index contributed by atoms with van der Waals surface area (Å²) in [6.07, 6.45) is -2.32. The summed E-state index contributed by atoms with van der Waals surface area (Å²) in [5, 5.41) is 20.2. The van der Waals surface area contributed by atoms with E-state index in [2.05, 4.69) is 10.1 Å². The van der Waals surface area contributed by atoms with Crippen LogP contribution in [0.3, 0.4) is 0 Å². The van der Waals surface area contributed by atoms with Gasteiger partial charge in [0.2, 0.25) is 0 Å². The zero-order valence-corrected chi connectivity index (χ0v) is 10.4. The topological polar surface area (TPSA) is 105 Å². The van der Waals surface area contributed by atoms with Gasteiger partial charge in [-0.3, -0.25) is 0 Å². The molecule has 3 N–H and O–H groups in total. The van der Waals surface area contributed by atoms with E-state index in [0.29, 0.717) is 0 Å². The predicted molar refractivity (Wildman–Crippen MR) is 58.3 cm³/mol. The number of rotatable bonds is 4. The Hall–Kier alpha value is -1.34. The SMILES string of the molecule is COC(=O)[C@H](NC(=O)OC(C)(C)C)[C@@H](O)CO. The molecule has 17 heavy (non-hydrogen) atoms. The van der Waals surface area contributed by atoms with Gasteiger partial charge in [0.15, 0.2) is 6.04 Å². The molecule has 2 atom stereocenters. The van der Waals surface area contributed by atoms with Gasteiger partial charge in [0.25, 0.3) is 0 Å². The van der Waals surface area contributed by atoms with Crippen LogP contribution in [0.4, 0.5) is 4.79 Å². The number of alkyl carbamates (subject to hydrolysis) is 1. The number of esters is 1. The number of carbonyl (C=O) groups excluding carboxylic acids is 2. The van der Waals surface area contributed by atoms with E-state index in [0.717, 1.165) is 7.11 Å². The highest BCUT2D eigenvalue weighted by Gasteiger charge is 2.30. The minimum atomic E-state index is -1.45. The second-order valence-corrected chi connectivity index (χ2v) is 4.40. The number of nitrogens with one attached hydrogen (secondary N) is 1. The first-order chi connectivity index (χ1) is 7.71. The molecule has 1 amide bonds. The first kappa shape index (κ1) is 15.7. The third-order valence-corrected chi connectivity index (χ3v) is 1.70. The second-order valence-electron chi connectivity index (χ2n) is 4.40. The van der Waals surface area contributed by atoms with Crippen LogP contribution < -0.4 is 5.32 Å². The van der Waals surface area contributed by atoms with Crippen molar-refractivity contribution in [3.63, 3.8) is 0 Å². The second kappa shape index (κ2) is 6.41. The molecule has 0 aromatic rings. The van der Waals surface area contributed by atoms with Gasteiger partial charge in [0.05, 0.1) is 13.7 Å². The third kappa shape index (κ3) is 6.08. The van der Waals surface area contributed by atoms with Gasteiger partial charge in [-0.05, 0) is 20.8 Å². The van der Waals surface area contributed by atoms with E-state index < -0.39 is 36.4 Å². The molecule has 0 aliphatic rings. The molecule has 0 unspecified atom stereocenters. The van der Waals surface area contributed by atoms with Gasteiger partial charge in [-0.15, -0.1) is 0 Å². The average molecular weight is 249 g/mol. The van der Waals surface area contributed by atoms with Crippen molar-refractivity contribution in [1.82, 2.24) is 5.32 Å². The van der Waals surface area contributed by atoms with Crippen LogP contribution in [-0.2, 0) is 14.3 Å². The van der Waals surface area contributed by atoms with Gasteiger partial charge in [-0.1, -0.05) is 0 Å². The van der Waals surface area contributed by atoms with Crippen molar-refractivity contribution in [2.75, 3.05) is 13.7 Å². The highest BCUT2D eigenvalue weighted by Crippen LogP contribution is 2.07. The summed E-state index contributed by atoms with van der Waals surface area (Å²) in [6, 6.07) is -1.36. The van der Waals surface area contributed by atoms with Crippen molar-refractivity contribution in [3.8, 4) is 0 Å². The van der Waals surface area contributed by atoms with E-state index in [1.165, 1.54) is 0 Å². The van der Waals surface area contributed by atoms with E-state index in [-0.39, 0.29) is 0 Å². The Morgan fingerprint density at radius 1 is 1.35 bits per heavy atom. The molecule has 0 spiro atoms. The smallest absolute Gasteiger partial charge is 0.408 e. The number of aliphatic hydroxyl groups is 2. The Balaban J connectivity index is 4.54. The maximum atomic E-state index is 11.4. The molecule has 0 radical (unpaired) electrons. The lowest BCUT2D eigenvalue weighted by Crippen LogP contribution is -2.51.